The Morgan fingerprint density at radius 3 is 2.09 bits per heavy atom. The lowest BCUT2D eigenvalue weighted by atomic mass is 9.86. The van der Waals surface area contributed by atoms with E-state index in [9.17, 15) is 4.79 Å². The molecule has 0 atom stereocenters. The number of benzene rings is 2. The quantitative estimate of drug-likeness (QED) is 0.531. The lowest BCUT2D eigenvalue weighted by molar-refractivity contribution is -0.105. The number of hydrogen-bond donors (Lipinski definition) is 0. The molecule has 0 aromatic heterocycles. The molecule has 0 saturated heterocycles. The van der Waals surface area contributed by atoms with Crippen LogP contribution < -0.4 is 0 Å². The van der Waals surface area contributed by atoms with Crippen LogP contribution in [-0.2, 0) is 4.79 Å². The van der Waals surface area contributed by atoms with Crippen molar-refractivity contribution in [1.29, 1.82) is 0 Å². The minimum atomic E-state index is 0.806. The molecule has 0 aliphatic heterocycles. The zero-order valence-electron chi connectivity index (χ0n) is 13.9. The molecule has 0 heterocycles. The summed E-state index contributed by atoms with van der Waals surface area (Å²) in [5.41, 5.74) is 8.02. The number of rotatable bonds is 5. The Morgan fingerprint density at radius 1 is 1.00 bits per heavy atom. The van der Waals surface area contributed by atoms with Gasteiger partial charge in [-0.15, -0.1) is 0 Å². The SMILES string of the molecule is CCC/C(C=O)=C(\c1ccccc1)c1c(C)cc(C)cc1C. The van der Waals surface area contributed by atoms with Crippen molar-refractivity contribution in [3.63, 3.8) is 0 Å². The molecular formula is C21H24O. The van der Waals surface area contributed by atoms with Crippen molar-refractivity contribution in [3.05, 3.63) is 75.9 Å². The van der Waals surface area contributed by atoms with Crippen LogP contribution in [0.25, 0.3) is 5.57 Å². The van der Waals surface area contributed by atoms with Crippen molar-refractivity contribution in [1.82, 2.24) is 0 Å². The van der Waals surface area contributed by atoms with Crippen molar-refractivity contribution in [2.45, 2.75) is 40.5 Å². The maximum Gasteiger partial charge on any atom is 0.146 e. The van der Waals surface area contributed by atoms with Gasteiger partial charge in [-0.1, -0.05) is 61.4 Å². The van der Waals surface area contributed by atoms with E-state index in [0.29, 0.717) is 0 Å². The first-order valence-electron chi connectivity index (χ1n) is 7.90. The van der Waals surface area contributed by atoms with Gasteiger partial charge in [-0.25, -0.2) is 0 Å². The predicted molar refractivity (Wildman–Crippen MR) is 94.1 cm³/mol. The molecule has 2 aromatic rings. The Morgan fingerprint density at radius 2 is 1.59 bits per heavy atom. The molecule has 22 heavy (non-hydrogen) atoms. The maximum atomic E-state index is 11.7. The van der Waals surface area contributed by atoms with Crippen molar-refractivity contribution in [2.24, 2.45) is 0 Å². The Kier molecular flexibility index (Phi) is 5.32. The summed E-state index contributed by atoms with van der Waals surface area (Å²) < 4.78 is 0. The van der Waals surface area contributed by atoms with E-state index in [-0.39, 0.29) is 0 Å². The molecular weight excluding hydrogens is 268 g/mol. The molecule has 0 saturated carbocycles. The number of carbonyl (C=O) groups excluding carboxylic acids is 1. The van der Waals surface area contributed by atoms with Crippen LogP contribution in [0.3, 0.4) is 0 Å². The topological polar surface area (TPSA) is 17.1 Å². The molecule has 0 fully saturated rings. The van der Waals surface area contributed by atoms with Gasteiger partial charge < -0.3 is 0 Å². The Hall–Kier alpha value is -2.15. The van der Waals surface area contributed by atoms with Crippen LogP contribution >= 0.6 is 0 Å². The highest BCUT2D eigenvalue weighted by Gasteiger charge is 2.15. The van der Waals surface area contributed by atoms with E-state index in [0.717, 1.165) is 35.8 Å². The molecule has 0 bridgehead atoms. The summed E-state index contributed by atoms with van der Waals surface area (Å²) in [5, 5.41) is 0. The fourth-order valence-electron chi connectivity index (χ4n) is 3.18. The van der Waals surface area contributed by atoms with Crippen molar-refractivity contribution >= 4 is 11.9 Å². The standard InChI is InChI=1S/C21H24O/c1-5-9-19(14-22)21(18-10-7-6-8-11-18)20-16(3)12-15(2)13-17(20)4/h6-8,10-14H,5,9H2,1-4H3/b21-19-. The van der Waals surface area contributed by atoms with Crippen LogP contribution in [-0.4, -0.2) is 6.29 Å². The van der Waals surface area contributed by atoms with E-state index in [2.05, 4.69) is 52.0 Å². The minimum Gasteiger partial charge on any atom is -0.298 e. The van der Waals surface area contributed by atoms with Gasteiger partial charge in [-0.05, 0) is 55.0 Å². The van der Waals surface area contributed by atoms with E-state index in [1.165, 1.54) is 22.3 Å². The smallest absolute Gasteiger partial charge is 0.146 e. The van der Waals surface area contributed by atoms with Crippen molar-refractivity contribution in [2.75, 3.05) is 0 Å². The summed E-state index contributed by atoms with van der Waals surface area (Å²) in [4.78, 5) is 11.7. The van der Waals surface area contributed by atoms with Gasteiger partial charge in [0, 0.05) is 5.57 Å². The number of allylic oxidation sites excluding steroid dienone is 1. The molecule has 1 nitrogen and oxygen atoms in total. The first-order valence-corrected chi connectivity index (χ1v) is 7.90. The minimum absolute atomic E-state index is 0.806. The first kappa shape index (κ1) is 16.2. The summed E-state index contributed by atoms with van der Waals surface area (Å²) in [6, 6.07) is 14.6. The van der Waals surface area contributed by atoms with Gasteiger partial charge in [0.1, 0.15) is 6.29 Å². The van der Waals surface area contributed by atoms with Gasteiger partial charge >= 0.3 is 0 Å². The largest absolute Gasteiger partial charge is 0.298 e. The number of hydrogen-bond acceptors (Lipinski definition) is 1. The van der Waals surface area contributed by atoms with Crippen molar-refractivity contribution < 1.29 is 4.79 Å². The van der Waals surface area contributed by atoms with Crippen LogP contribution in [0.2, 0.25) is 0 Å². The third-order valence-electron chi connectivity index (χ3n) is 3.97. The second-order valence-electron chi connectivity index (χ2n) is 5.91. The average molecular weight is 292 g/mol. The van der Waals surface area contributed by atoms with E-state index in [1.807, 2.05) is 18.2 Å². The molecule has 0 aliphatic rings. The van der Waals surface area contributed by atoms with Gasteiger partial charge in [0.2, 0.25) is 0 Å². The summed E-state index contributed by atoms with van der Waals surface area (Å²) in [6.45, 7) is 8.49. The zero-order valence-corrected chi connectivity index (χ0v) is 13.9. The summed E-state index contributed by atoms with van der Waals surface area (Å²) in [6.07, 6.45) is 2.80. The molecule has 0 unspecified atom stereocenters. The van der Waals surface area contributed by atoms with Crippen LogP contribution in [0.1, 0.15) is 47.6 Å². The third-order valence-corrected chi connectivity index (χ3v) is 3.97. The Labute approximate surface area is 133 Å². The van der Waals surface area contributed by atoms with Crippen LogP contribution in [0.15, 0.2) is 48.0 Å². The van der Waals surface area contributed by atoms with Gasteiger partial charge in [-0.2, -0.15) is 0 Å². The Balaban J connectivity index is 2.78. The lowest BCUT2D eigenvalue weighted by Crippen LogP contribution is -2.01. The van der Waals surface area contributed by atoms with Gasteiger partial charge in [0.25, 0.3) is 0 Å². The van der Waals surface area contributed by atoms with Crippen LogP contribution in [0.4, 0.5) is 0 Å². The molecule has 0 N–H and O–H groups in total. The van der Waals surface area contributed by atoms with E-state index in [4.69, 9.17) is 0 Å². The first-order chi connectivity index (χ1) is 10.6. The molecule has 2 rings (SSSR count). The molecule has 0 spiro atoms. The number of aldehydes is 1. The lowest BCUT2D eigenvalue weighted by Gasteiger charge is -2.18. The summed E-state index contributed by atoms with van der Waals surface area (Å²) >= 11 is 0. The summed E-state index contributed by atoms with van der Waals surface area (Å²) in [7, 11) is 0. The number of carbonyl (C=O) groups is 1. The monoisotopic (exact) mass is 292 g/mol. The zero-order chi connectivity index (χ0) is 16.1. The second-order valence-corrected chi connectivity index (χ2v) is 5.91. The third kappa shape index (κ3) is 3.36. The van der Waals surface area contributed by atoms with Crippen molar-refractivity contribution in [3.8, 4) is 0 Å². The van der Waals surface area contributed by atoms with Crippen LogP contribution in [0, 0.1) is 20.8 Å². The fourth-order valence-corrected chi connectivity index (χ4v) is 3.18. The molecule has 2 aromatic carbocycles. The van der Waals surface area contributed by atoms with Crippen LogP contribution in [0.5, 0.6) is 0 Å². The van der Waals surface area contributed by atoms with Gasteiger partial charge in [-0.3, -0.25) is 4.79 Å². The van der Waals surface area contributed by atoms with Gasteiger partial charge in [0.15, 0.2) is 0 Å². The maximum absolute atomic E-state index is 11.7. The Bertz CT molecular complexity index is 670. The fraction of sp³-hybridized carbons (Fsp3) is 0.286. The predicted octanol–water partition coefficient (Wildman–Crippen LogP) is 5.41. The molecule has 0 amide bonds. The molecule has 0 radical (unpaired) electrons. The van der Waals surface area contributed by atoms with E-state index in [1.54, 1.807) is 0 Å². The number of aryl methyl sites for hydroxylation is 3. The molecule has 1 heteroatoms. The normalized spacial score (nSPS) is 12.0. The highest BCUT2D eigenvalue weighted by molar-refractivity contribution is 5.96. The average Bonchev–Trinajstić information content (AvgIpc) is 2.49. The molecule has 0 aliphatic carbocycles. The van der Waals surface area contributed by atoms with E-state index < -0.39 is 0 Å². The second kappa shape index (κ2) is 7.22. The van der Waals surface area contributed by atoms with E-state index >= 15 is 0 Å². The highest BCUT2D eigenvalue weighted by atomic mass is 16.1. The highest BCUT2D eigenvalue weighted by Crippen LogP contribution is 2.33. The van der Waals surface area contributed by atoms with Gasteiger partial charge in [0.05, 0.1) is 0 Å². The molecule has 114 valence electrons. The summed E-state index contributed by atoms with van der Waals surface area (Å²) in [5.74, 6) is 0.